The lowest BCUT2D eigenvalue weighted by Crippen LogP contribution is -2.14. The fourth-order valence-electron chi connectivity index (χ4n) is 3.07. The summed E-state index contributed by atoms with van der Waals surface area (Å²) in [6.45, 7) is 2.22. The van der Waals surface area contributed by atoms with E-state index >= 15 is 0 Å². The third-order valence-electron chi connectivity index (χ3n) is 4.49. The quantitative estimate of drug-likeness (QED) is 0.548. The highest BCUT2D eigenvalue weighted by molar-refractivity contribution is 5.93. The first kappa shape index (κ1) is 17.2. The van der Waals surface area contributed by atoms with Gasteiger partial charge in [0, 0.05) is 5.69 Å². The van der Waals surface area contributed by atoms with Crippen molar-refractivity contribution in [1.82, 2.24) is 0 Å². The van der Waals surface area contributed by atoms with Gasteiger partial charge in [-0.3, -0.25) is 4.79 Å². The van der Waals surface area contributed by atoms with Crippen molar-refractivity contribution in [2.45, 2.75) is 39.0 Å². The molecule has 0 aromatic heterocycles. The van der Waals surface area contributed by atoms with Crippen LogP contribution >= 0.6 is 0 Å². The molecule has 1 amide bonds. The van der Waals surface area contributed by atoms with Gasteiger partial charge in [-0.15, -0.1) is 0 Å². The fourth-order valence-corrected chi connectivity index (χ4v) is 3.07. The van der Waals surface area contributed by atoms with Crippen LogP contribution in [0.15, 0.2) is 66.7 Å². The highest BCUT2D eigenvalue weighted by Gasteiger charge is 2.05. The molecule has 0 aliphatic carbocycles. The van der Waals surface area contributed by atoms with Gasteiger partial charge in [-0.2, -0.15) is 0 Å². The maximum atomic E-state index is 12.3. The van der Waals surface area contributed by atoms with Crippen LogP contribution < -0.4 is 5.32 Å². The molecule has 3 rings (SSSR count). The Morgan fingerprint density at radius 3 is 2.32 bits per heavy atom. The summed E-state index contributed by atoms with van der Waals surface area (Å²) in [5.74, 6) is 0.0222. The van der Waals surface area contributed by atoms with Gasteiger partial charge in [0.15, 0.2) is 0 Å². The van der Waals surface area contributed by atoms with E-state index in [1.165, 1.54) is 35.6 Å². The largest absolute Gasteiger partial charge is 0.326 e. The number of nitrogens with one attached hydrogen (secondary N) is 1. The van der Waals surface area contributed by atoms with E-state index < -0.39 is 0 Å². The first-order chi connectivity index (χ1) is 12.2. The summed E-state index contributed by atoms with van der Waals surface area (Å²) >= 11 is 0. The number of benzene rings is 3. The molecule has 0 atom stereocenters. The number of aryl methyl sites for hydroxylation is 1. The van der Waals surface area contributed by atoms with Gasteiger partial charge in [0.1, 0.15) is 0 Å². The molecule has 0 saturated carbocycles. The van der Waals surface area contributed by atoms with Crippen molar-refractivity contribution in [2.24, 2.45) is 0 Å². The SMILES string of the molecule is CCCCCc1ccc(NC(=O)Cc2ccc3ccccc3c2)cc1. The molecule has 2 heteroatoms. The maximum absolute atomic E-state index is 12.3. The molecule has 0 spiro atoms. The summed E-state index contributed by atoms with van der Waals surface area (Å²) < 4.78 is 0. The third kappa shape index (κ3) is 4.93. The van der Waals surface area contributed by atoms with Gasteiger partial charge in [-0.1, -0.05) is 74.4 Å². The average molecular weight is 331 g/mol. The molecule has 25 heavy (non-hydrogen) atoms. The van der Waals surface area contributed by atoms with Crippen LogP contribution in [0.4, 0.5) is 5.69 Å². The lowest BCUT2D eigenvalue weighted by atomic mass is 10.0. The third-order valence-corrected chi connectivity index (χ3v) is 4.49. The first-order valence-electron chi connectivity index (χ1n) is 9.11. The molecule has 0 unspecified atom stereocenters. The Bertz CT molecular complexity index is 836. The van der Waals surface area contributed by atoms with E-state index in [2.05, 4.69) is 48.6 Å². The fraction of sp³-hybridized carbons (Fsp3) is 0.261. The molecule has 128 valence electrons. The molecule has 3 aromatic rings. The van der Waals surface area contributed by atoms with Crippen LogP contribution in [0.2, 0.25) is 0 Å². The Balaban J connectivity index is 1.57. The highest BCUT2D eigenvalue weighted by Crippen LogP contribution is 2.17. The predicted molar refractivity (Wildman–Crippen MR) is 106 cm³/mol. The van der Waals surface area contributed by atoms with Gasteiger partial charge < -0.3 is 5.32 Å². The van der Waals surface area contributed by atoms with E-state index in [1.807, 2.05) is 30.3 Å². The maximum Gasteiger partial charge on any atom is 0.228 e. The number of rotatable bonds is 7. The van der Waals surface area contributed by atoms with Crippen LogP contribution in [-0.2, 0) is 17.6 Å². The number of unbranched alkanes of at least 4 members (excludes halogenated alkanes) is 2. The summed E-state index contributed by atoms with van der Waals surface area (Å²) in [6, 6.07) is 22.6. The van der Waals surface area contributed by atoms with Crippen molar-refractivity contribution in [2.75, 3.05) is 5.32 Å². The number of fused-ring (bicyclic) bond motifs is 1. The Morgan fingerprint density at radius 2 is 1.56 bits per heavy atom. The normalized spacial score (nSPS) is 10.8. The van der Waals surface area contributed by atoms with Gasteiger partial charge in [-0.05, 0) is 46.9 Å². The van der Waals surface area contributed by atoms with Crippen molar-refractivity contribution in [1.29, 1.82) is 0 Å². The summed E-state index contributed by atoms with van der Waals surface area (Å²) in [6.07, 6.45) is 5.24. The number of carbonyl (C=O) groups excluding carboxylic acids is 1. The lowest BCUT2D eigenvalue weighted by molar-refractivity contribution is -0.115. The van der Waals surface area contributed by atoms with Crippen molar-refractivity contribution in [3.05, 3.63) is 77.9 Å². The summed E-state index contributed by atoms with van der Waals surface area (Å²) in [7, 11) is 0. The van der Waals surface area contributed by atoms with Crippen molar-refractivity contribution >= 4 is 22.4 Å². The molecule has 0 aliphatic heterocycles. The molecular weight excluding hydrogens is 306 g/mol. The second kappa shape index (κ2) is 8.48. The lowest BCUT2D eigenvalue weighted by Gasteiger charge is -2.08. The number of carbonyl (C=O) groups is 1. The van der Waals surface area contributed by atoms with Crippen molar-refractivity contribution in [3.63, 3.8) is 0 Å². The molecule has 3 aromatic carbocycles. The van der Waals surface area contributed by atoms with Crippen molar-refractivity contribution < 1.29 is 4.79 Å². The van der Waals surface area contributed by atoms with Gasteiger partial charge >= 0.3 is 0 Å². The van der Waals surface area contributed by atoms with Crippen molar-refractivity contribution in [3.8, 4) is 0 Å². The number of hydrogen-bond donors (Lipinski definition) is 1. The molecule has 2 nitrogen and oxygen atoms in total. The van der Waals surface area contributed by atoms with Gasteiger partial charge in [0.2, 0.25) is 5.91 Å². The second-order valence-electron chi connectivity index (χ2n) is 6.56. The smallest absolute Gasteiger partial charge is 0.228 e. The molecule has 0 aliphatic rings. The van der Waals surface area contributed by atoms with Gasteiger partial charge in [0.25, 0.3) is 0 Å². The second-order valence-corrected chi connectivity index (χ2v) is 6.56. The highest BCUT2D eigenvalue weighted by atomic mass is 16.1. The van der Waals surface area contributed by atoms with E-state index in [9.17, 15) is 4.79 Å². The minimum atomic E-state index is 0.0222. The Hall–Kier alpha value is -2.61. The zero-order valence-corrected chi connectivity index (χ0v) is 14.8. The van der Waals surface area contributed by atoms with Crippen LogP contribution in [0.3, 0.4) is 0 Å². The Kier molecular flexibility index (Phi) is 5.84. The molecule has 0 radical (unpaired) electrons. The van der Waals surface area contributed by atoms with E-state index in [-0.39, 0.29) is 5.91 Å². The summed E-state index contributed by atoms with van der Waals surface area (Å²) in [4.78, 5) is 12.3. The zero-order valence-electron chi connectivity index (χ0n) is 14.8. The molecule has 0 heterocycles. The number of anilines is 1. The predicted octanol–water partition coefficient (Wildman–Crippen LogP) is 5.75. The molecule has 1 N–H and O–H groups in total. The van der Waals surface area contributed by atoms with Crippen LogP contribution in [0.5, 0.6) is 0 Å². The zero-order chi connectivity index (χ0) is 17.5. The molecule has 0 bridgehead atoms. The molecular formula is C23H25NO. The molecule has 0 fully saturated rings. The van der Waals surface area contributed by atoms with Crippen LogP contribution in [0, 0.1) is 0 Å². The summed E-state index contributed by atoms with van der Waals surface area (Å²) in [5, 5.41) is 5.36. The Morgan fingerprint density at radius 1 is 0.840 bits per heavy atom. The van der Waals surface area contributed by atoms with Crippen LogP contribution in [0.1, 0.15) is 37.3 Å². The first-order valence-corrected chi connectivity index (χ1v) is 9.11. The van der Waals surface area contributed by atoms with Crippen LogP contribution in [0.25, 0.3) is 10.8 Å². The Labute approximate surface area is 149 Å². The average Bonchev–Trinajstić information content (AvgIpc) is 2.63. The van der Waals surface area contributed by atoms with Gasteiger partial charge in [-0.25, -0.2) is 0 Å². The van der Waals surface area contributed by atoms with E-state index in [4.69, 9.17) is 0 Å². The molecule has 0 saturated heterocycles. The van der Waals surface area contributed by atoms with Crippen LogP contribution in [-0.4, -0.2) is 5.91 Å². The topological polar surface area (TPSA) is 29.1 Å². The summed E-state index contributed by atoms with van der Waals surface area (Å²) in [5.41, 5.74) is 3.23. The van der Waals surface area contributed by atoms with E-state index in [0.29, 0.717) is 6.42 Å². The van der Waals surface area contributed by atoms with Gasteiger partial charge in [0.05, 0.1) is 6.42 Å². The standard InChI is InChI=1S/C23H25NO/c1-2-3-4-7-18-11-14-22(15-12-18)24-23(25)17-19-10-13-20-8-5-6-9-21(20)16-19/h5-6,8-16H,2-4,7,17H2,1H3,(H,24,25). The minimum Gasteiger partial charge on any atom is -0.326 e. The van der Waals surface area contributed by atoms with E-state index in [1.54, 1.807) is 0 Å². The van der Waals surface area contributed by atoms with E-state index in [0.717, 1.165) is 17.7 Å². The monoisotopic (exact) mass is 331 g/mol. The number of amides is 1. The minimum absolute atomic E-state index is 0.0222. The number of hydrogen-bond acceptors (Lipinski definition) is 1.